The highest BCUT2D eigenvalue weighted by Gasteiger charge is 2.41. The molecule has 11 heteroatoms. The van der Waals surface area contributed by atoms with Crippen LogP contribution in [-0.2, 0) is 6.18 Å². The molecule has 1 N–H and O–H groups in total. The molecule has 26 heavy (non-hydrogen) atoms. The van der Waals surface area contributed by atoms with Gasteiger partial charge in [0.1, 0.15) is 0 Å². The third kappa shape index (κ3) is 3.42. The summed E-state index contributed by atoms with van der Waals surface area (Å²) in [5.74, 6) is -0.884. The van der Waals surface area contributed by atoms with Crippen molar-refractivity contribution in [2.75, 3.05) is 7.05 Å². The molecule has 5 nitrogen and oxygen atoms in total. The number of carbonyl (C=O) groups excluding carboxylic acids is 1. The Morgan fingerprint density at radius 1 is 1.27 bits per heavy atom. The molecule has 0 aliphatic rings. The van der Waals surface area contributed by atoms with Crippen molar-refractivity contribution in [3.63, 3.8) is 0 Å². The van der Waals surface area contributed by atoms with E-state index >= 15 is 0 Å². The summed E-state index contributed by atoms with van der Waals surface area (Å²) in [7, 11) is 1.24. The minimum atomic E-state index is -4.78. The summed E-state index contributed by atoms with van der Waals surface area (Å²) < 4.78 is 41.0. The van der Waals surface area contributed by atoms with Gasteiger partial charge >= 0.3 is 6.18 Å². The number of rotatable bonds is 3. The summed E-state index contributed by atoms with van der Waals surface area (Å²) in [6, 6.07) is 4.78. The van der Waals surface area contributed by atoms with Gasteiger partial charge in [-0.2, -0.15) is 18.3 Å². The predicted octanol–water partition coefficient (Wildman–Crippen LogP) is 4.68. The second-order valence-corrected chi connectivity index (χ2v) is 6.69. The van der Waals surface area contributed by atoms with Crippen LogP contribution in [0.2, 0.25) is 10.0 Å². The molecule has 1 amide bonds. The van der Waals surface area contributed by atoms with Gasteiger partial charge in [0, 0.05) is 18.0 Å². The summed E-state index contributed by atoms with van der Waals surface area (Å²) in [4.78, 5) is 15.9. The van der Waals surface area contributed by atoms with Gasteiger partial charge in [-0.05, 0) is 12.1 Å². The Kier molecular flexibility index (Phi) is 4.96. The average Bonchev–Trinajstić information content (AvgIpc) is 3.22. The van der Waals surface area contributed by atoms with E-state index < -0.39 is 23.3 Å². The van der Waals surface area contributed by atoms with Crippen LogP contribution in [0.4, 0.5) is 13.2 Å². The molecule has 0 fully saturated rings. The standard InChI is InChI=1S/C15H9Cl2F3N4OS/c1-21-13(25)8-5-22-24(12(8)15(18,19)20)14-23-11(6-26-14)7-2-3-9(16)10(17)4-7/h2-6H,1H3,(H,21,25). The fraction of sp³-hybridized carbons (Fsp3) is 0.133. The molecule has 0 unspecified atom stereocenters. The first-order valence-electron chi connectivity index (χ1n) is 7.01. The fourth-order valence-electron chi connectivity index (χ4n) is 2.22. The SMILES string of the molecule is CNC(=O)c1cnn(-c2nc(-c3ccc(Cl)c(Cl)c3)cs2)c1C(F)(F)F. The number of amides is 1. The van der Waals surface area contributed by atoms with E-state index in [2.05, 4.69) is 15.4 Å². The number of nitrogens with zero attached hydrogens (tertiary/aromatic N) is 3. The van der Waals surface area contributed by atoms with E-state index in [1.807, 2.05) is 0 Å². The number of nitrogens with one attached hydrogen (secondary N) is 1. The molecule has 1 aromatic carbocycles. The van der Waals surface area contributed by atoms with Gasteiger partial charge in [-0.1, -0.05) is 29.3 Å². The van der Waals surface area contributed by atoms with Gasteiger partial charge in [0.2, 0.25) is 5.13 Å². The maximum absolute atomic E-state index is 13.5. The van der Waals surface area contributed by atoms with Crippen LogP contribution in [-0.4, -0.2) is 27.7 Å². The van der Waals surface area contributed by atoms with E-state index in [0.717, 1.165) is 17.5 Å². The zero-order valence-corrected chi connectivity index (χ0v) is 15.3. The van der Waals surface area contributed by atoms with Crippen molar-refractivity contribution in [1.82, 2.24) is 20.1 Å². The maximum atomic E-state index is 13.5. The zero-order chi connectivity index (χ0) is 19.1. The molecule has 0 bridgehead atoms. The molecule has 3 aromatic rings. The fourth-order valence-corrected chi connectivity index (χ4v) is 3.31. The van der Waals surface area contributed by atoms with Crippen molar-refractivity contribution < 1.29 is 18.0 Å². The number of hydrogen-bond donors (Lipinski definition) is 1. The third-order valence-corrected chi connectivity index (χ3v) is 4.95. The minimum Gasteiger partial charge on any atom is -0.355 e. The lowest BCUT2D eigenvalue weighted by molar-refractivity contribution is -0.143. The normalized spacial score (nSPS) is 11.6. The molecule has 136 valence electrons. The number of aromatic nitrogens is 3. The van der Waals surface area contributed by atoms with Crippen LogP contribution in [0.25, 0.3) is 16.4 Å². The largest absolute Gasteiger partial charge is 0.434 e. The maximum Gasteiger partial charge on any atom is 0.434 e. The zero-order valence-electron chi connectivity index (χ0n) is 12.9. The summed E-state index contributed by atoms with van der Waals surface area (Å²) in [5.41, 5.74) is -0.763. The Labute approximate surface area is 159 Å². The third-order valence-electron chi connectivity index (χ3n) is 3.40. The van der Waals surface area contributed by atoms with Crippen molar-refractivity contribution in [2.45, 2.75) is 6.18 Å². The molecule has 0 aliphatic heterocycles. The molecule has 3 rings (SSSR count). The minimum absolute atomic E-state index is 0.0337. The summed E-state index contributed by atoms with van der Waals surface area (Å²) >= 11 is 12.8. The molecule has 0 saturated carbocycles. The van der Waals surface area contributed by atoms with Crippen molar-refractivity contribution >= 4 is 40.4 Å². The Bertz CT molecular complexity index is 984. The smallest absolute Gasteiger partial charge is 0.355 e. The van der Waals surface area contributed by atoms with E-state index in [0.29, 0.717) is 26.0 Å². The highest BCUT2D eigenvalue weighted by atomic mass is 35.5. The van der Waals surface area contributed by atoms with Crippen LogP contribution in [0.1, 0.15) is 16.1 Å². The van der Waals surface area contributed by atoms with Crippen molar-refractivity contribution in [1.29, 1.82) is 0 Å². The summed E-state index contributed by atoms with van der Waals surface area (Å²) in [5, 5.41) is 8.05. The molecule has 0 aliphatic carbocycles. The molecular formula is C15H9Cl2F3N4OS. The number of halogens is 5. The van der Waals surface area contributed by atoms with E-state index in [9.17, 15) is 18.0 Å². The number of benzene rings is 1. The highest BCUT2D eigenvalue weighted by Crippen LogP contribution is 2.35. The first kappa shape index (κ1) is 18.7. The van der Waals surface area contributed by atoms with E-state index in [1.165, 1.54) is 7.05 Å². The van der Waals surface area contributed by atoms with Gasteiger partial charge in [0.05, 0.1) is 27.5 Å². The predicted molar refractivity (Wildman–Crippen MR) is 93.1 cm³/mol. The Morgan fingerprint density at radius 2 is 2.00 bits per heavy atom. The lowest BCUT2D eigenvalue weighted by Gasteiger charge is -2.10. The van der Waals surface area contributed by atoms with Crippen LogP contribution < -0.4 is 5.32 Å². The van der Waals surface area contributed by atoms with Crippen LogP contribution in [0, 0.1) is 0 Å². The number of thiazole rings is 1. The van der Waals surface area contributed by atoms with E-state index in [-0.39, 0.29) is 5.13 Å². The molecule has 0 spiro atoms. The molecule has 0 radical (unpaired) electrons. The molecule has 0 saturated heterocycles. The highest BCUT2D eigenvalue weighted by molar-refractivity contribution is 7.12. The first-order chi connectivity index (χ1) is 12.2. The van der Waals surface area contributed by atoms with Crippen molar-refractivity contribution in [2.24, 2.45) is 0 Å². The summed E-state index contributed by atoms with van der Waals surface area (Å²) in [6.45, 7) is 0. The monoisotopic (exact) mass is 420 g/mol. The lowest BCUT2D eigenvalue weighted by Crippen LogP contribution is -2.23. The van der Waals surface area contributed by atoms with Crippen LogP contribution in [0.3, 0.4) is 0 Å². The first-order valence-corrected chi connectivity index (χ1v) is 8.64. The van der Waals surface area contributed by atoms with Gasteiger partial charge in [0.15, 0.2) is 5.69 Å². The Hall–Kier alpha value is -2.10. The van der Waals surface area contributed by atoms with Crippen LogP contribution in [0.5, 0.6) is 0 Å². The van der Waals surface area contributed by atoms with Gasteiger partial charge < -0.3 is 5.32 Å². The van der Waals surface area contributed by atoms with Gasteiger partial charge in [-0.3, -0.25) is 4.79 Å². The molecule has 2 heterocycles. The van der Waals surface area contributed by atoms with E-state index in [4.69, 9.17) is 23.2 Å². The van der Waals surface area contributed by atoms with Gasteiger partial charge in [-0.15, -0.1) is 11.3 Å². The van der Waals surface area contributed by atoms with Crippen molar-refractivity contribution in [3.8, 4) is 16.4 Å². The molecule has 0 atom stereocenters. The van der Waals surface area contributed by atoms with Crippen LogP contribution >= 0.6 is 34.5 Å². The number of carbonyl (C=O) groups is 1. The van der Waals surface area contributed by atoms with Crippen molar-refractivity contribution in [3.05, 3.63) is 51.1 Å². The second kappa shape index (κ2) is 6.90. The molecule has 2 aromatic heterocycles. The lowest BCUT2D eigenvalue weighted by atomic mass is 10.2. The Morgan fingerprint density at radius 3 is 2.62 bits per heavy atom. The molecular weight excluding hydrogens is 412 g/mol. The topological polar surface area (TPSA) is 59.8 Å². The quantitative estimate of drug-likeness (QED) is 0.668. The van der Waals surface area contributed by atoms with Gasteiger partial charge in [0.25, 0.3) is 5.91 Å². The van der Waals surface area contributed by atoms with E-state index in [1.54, 1.807) is 23.6 Å². The second-order valence-electron chi connectivity index (χ2n) is 5.04. The van der Waals surface area contributed by atoms with Gasteiger partial charge in [-0.25, -0.2) is 9.67 Å². The summed E-state index contributed by atoms with van der Waals surface area (Å²) in [6.07, 6.45) is -3.92. The average molecular weight is 421 g/mol. The number of alkyl halides is 3. The Balaban J connectivity index is 2.08. The van der Waals surface area contributed by atoms with Crippen LogP contribution in [0.15, 0.2) is 29.8 Å². The number of hydrogen-bond acceptors (Lipinski definition) is 4.